The van der Waals surface area contributed by atoms with Crippen molar-refractivity contribution in [1.82, 2.24) is 5.32 Å². The molecule has 2 aromatic rings. The monoisotopic (exact) mass is 436 g/mol. The molecule has 4 nitrogen and oxygen atoms in total. The van der Waals surface area contributed by atoms with E-state index in [0.717, 1.165) is 46.0 Å². The highest BCUT2D eigenvalue weighted by molar-refractivity contribution is 8.02. The van der Waals surface area contributed by atoms with Gasteiger partial charge < -0.3 is 10.1 Å². The molecule has 4 rings (SSSR count). The number of carbonyl (C=O) groups is 1. The molecule has 1 aliphatic heterocycles. The van der Waals surface area contributed by atoms with Gasteiger partial charge >= 0.3 is 0 Å². The summed E-state index contributed by atoms with van der Waals surface area (Å²) in [6, 6.07) is 17.7. The molecule has 1 aliphatic carbocycles. The Kier molecular flexibility index (Phi) is 6.17. The van der Waals surface area contributed by atoms with E-state index in [1.54, 1.807) is 18.9 Å². The molecule has 0 fully saturated rings. The maximum atomic E-state index is 12.8. The number of nitriles is 1. The third-order valence-electron chi connectivity index (χ3n) is 5.44. The van der Waals surface area contributed by atoms with E-state index in [-0.39, 0.29) is 11.7 Å². The fourth-order valence-corrected chi connectivity index (χ4v) is 5.28. The van der Waals surface area contributed by atoms with Crippen LogP contribution in [0.3, 0.4) is 0 Å². The van der Waals surface area contributed by atoms with Gasteiger partial charge in [0.05, 0.1) is 29.7 Å². The fraction of sp³-hybridized carbons (Fsp3) is 0.250. The van der Waals surface area contributed by atoms with E-state index in [1.807, 2.05) is 48.5 Å². The smallest absolute Gasteiger partial charge is 0.161 e. The lowest BCUT2D eigenvalue weighted by Crippen LogP contribution is -2.31. The third-order valence-corrected chi connectivity index (χ3v) is 6.88. The summed E-state index contributed by atoms with van der Waals surface area (Å²) in [6.45, 7) is 0. The lowest BCUT2D eigenvalue weighted by atomic mass is 9.77. The van der Waals surface area contributed by atoms with Crippen LogP contribution in [0, 0.1) is 11.3 Å². The summed E-state index contributed by atoms with van der Waals surface area (Å²) >= 11 is 7.87. The second kappa shape index (κ2) is 8.99. The number of allylic oxidation sites excluding steroid dienone is 3. The molecule has 1 N–H and O–H groups in total. The lowest BCUT2D eigenvalue weighted by Gasteiger charge is -2.33. The molecule has 0 spiro atoms. The Morgan fingerprint density at radius 1 is 1.20 bits per heavy atom. The SMILES string of the molecule is COc1ccc([C@@H]2C(C#N)=C(SCc3ccccc3Cl)NC3=C2C(=O)CCC3)cc1. The summed E-state index contributed by atoms with van der Waals surface area (Å²) in [5, 5.41) is 15.0. The average Bonchev–Trinajstić information content (AvgIpc) is 2.78. The molecule has 0 unspecified atom stereocenters. The first-order valence-electron chi connectivity index (χ1n) is 9.80. The van der Waals surface area contributed by atoms with E-state index >= 15 is 0 Å². The number of carbonyl (C=O) groups excluding carboxylic acids is 1. The lowest BCUT2D eigenvalue weighted by molar-refractivity contribution is -0.116. The van der Waals surface area contributed by atoms with Gasteiger partial charge in [-0.2, -0.15) is 5.26 Å². The van der Waals surface area contributed by atoms with E-state index in [2.05, 4.69) is 11.4 Å². The van der Waals surface area contributed by atoms with Crippen molar-refractivity contribution in [1.29, 1.82) is 5.26 Å². The van der Waals surface area contributed by atoms with Gasteiger partial charge in [-0.3, -0.25) is 4.79 Å². The van der Waals surface area contributed by atoms with E-state index in [0.29, 0.717) is 22.8 Å². The van der Waals surface area contributed by atoms with Gasteiger partial charge in [0.2, 0.25) is 0 Å². The maximum absolute atomic E-state index is 12.8. The minimum atomic E-state index is -0.362. The van der Waals surface area contributed by atoms with Crippen LogP contribution >= 0.6 is 23.4 Å². The molecule has 0 bridgehead atoms. The molecule has 6 heteroatoms. The molecule has 1 heterocycles. The number of nitrogens with one attached hydrogen (secondary N) is 1. The Hall–Kier alpha value is -2.68. The number of hydrogen-bond donors (Lipinski definition) is 1. The maximum Gasteiger partial charge on any atom is 0.161 e. The van der Waals surface area contributed by atoms with Crippen LogP contribution in [0.5, 0.6) is 5.75 Å². The molecule has 0 radical (unpaired) electrons. The van der Waals surface area contributed by atoms with E-state index in [1.165, 1.54) is 0 Å². The predicted molar refractivity (Wildman–Crippen MR) is 120 cm³/mol. The van der Waals surface area contributed by atoms with Gasteiger partial charge in [0, 0.05) is 28.5 Å². The number of methoxy groups -OCH3 is 1. The van der Waals surface area contributed by atoms with Crippen LogP contribution in [0.4, 0.5) is 0 Å². The standard InChI is InChI=1S/C24H21ClN2O2S/c1-29-17-11-9-15(10-12-17)22-18(13-26)24(27-20-7-4-8-21(28)23(20)22)30-14-16-5-2-3-6-19(16)25/h2-3,5-6,9-12,22,27H,4,7-8,14H2,1H3/t22-/m1/s1. The molecular weight excluding hydrogens is 416 g/mol. The molecule has 0 aromatic heterocycles. The van der Waals surface area contributed by atoms with Crippen LogP contribution in [-0.2, 0) is 10.5 Å². The first kappa shape index (κ1) is 20.6. The number of rotatable bonds is 5. The van der Waals surface area contributed by atoms with Crippen molar-refractivity contribution in [2.24, 2.45) is 0 Å². The number of halogens is 1. The topological polar surface area (TPSA) is 62.1 Å². The first-order valence-corrected chi connectivity index (χ1v) is 11.2. The van der Waals surface area contributed by atoms with Crippen LogP contribution in [-0.4, -0.2) is 12.9 Å². The molecule has 2 aromatic carbocycles. The molecule has 152 valence electrons. The van der Waals surface area contributed by atoms with Gasteiger partial charge in [-0.1, -0.05) is 41.9 Å². The summed E-state index contributed by atoms with van der Waals surface area (Å²) < 4.78 is 5.27. The van der Waals surface area contributed by atoms with Crippen LogP contribution < -0.4 is 10.1 Å². The highest BCUT2D eigenvalue weighted by Crippen LogP contribution is 2.44. The second-order valence-corrected chi connectivity index (χ2v) is 8.63. The van der Waals surface area contributed by atoms with Crippen LogP contribution in [0.15, 0.2) is 70.4 Å². The van der Waals surface area contributed by atoms with Crippen molar-refractivity contribution >= 4 is 29.1 Å². The van der Waals surface area contributed by atoms with Gasteiger partial charge in [0.15, 0.2) is 5.78 Å². The van der Waals surface area contributed by atoms with Gasteiger partial charge in [-0.25, -0.2) is 0 Å². The minimum absolute atomic E-state index is 0.118. The minimum Gasteiger partial charge on any atom is -0.497 e. The number of Topliss-reactive ketones (excluding diaryl/α,β-unsaturated/α-hetero) is 1. The molecule has 1 atom stereocenters. The Morgan fingerprint density at radius 2 is 1.97 bits per heavy atom. The highest BCUT2D eigenvalue weighted by Gasteiger charge is 2.37. The van der Waals surface area contributed by atoms with Crippen molar-refractivity contribution in [2.75, 3.05) is 7.11 Å². The van der Waals surface area contributed by atoms with E-state index in [4.69, 9.17) is 16.3 Å². The predicted octanol–water partition coefficient (Wildman–Crippen LogP) is 5.71. The number of ketones is 1. The van der Waals surface area contributed by atoms with Crippen molar-refractivity contribution in [3.8, 4) is 11.8 Å². The van der Waals surface area contributed by atoms with Crippen molar-refractivity contribution in [3.63, 3.8) is 0 Å². The zero-order valence-corrected chi connectivity index (χ0v) is 18.1. The number of hydrogen-bond acceptors (Lipinski definition) is 5. The number of dihydropyridines is 1. The molecule has 0 saturated carbocycles. The Bertz CT molecular complexity index is 1080. The largest absolute Gasteiger partial charge is 0.497 e. The quantitative estimate of drug-likeness (QED) is 0.650. The molecule has 30 heavy (non-hydrogen) atoms. The summed E-state index contributed by atoms with van der Waals surface area (Å²) in [7, 11) is 1.62. The van der Waals surface area contributed by atoms with E-state index < -0.39 is 0 Å². The third kappa shape index (κ3) is 3.98. The van der Waals surface area contributed by atoms with Gasteiger partial charge in [-0.05, 0) is 42.2 Å². The molecular formula is C24H21ClN2O2S. The normalized spacial score (nSPS) is 18.6. The van der Waals surface area contributed by atoms with Crippen LogP contribution in [0.1, 0.15) is 36.3 Å². The average molecular weight is 437 g/mol. The Labute approximate surface area is 185 Å². The molecule has 2 aliphatic rings. The zero-order valence-electron chi connectivity index (χ0n) is 16.6. The Morgan fingerprint density at radius 3 is 2.67 bits per heavy atom. The summed E-state index contributed by atoms with van der Waals surface area (Å²) in [5.74, 6) is 1.14. The number of nitrogens with zero attached hydrogens (tertiary/aromatic N) is 1. The van der Waals surface area contributed by atoms with Crippen molar-refractivity contribution in [3.05, 3.63) is 86.6 Å². The van der Waals surface area contributed by atoms with Gasteiger partial charge in [0.1, 0.15) is 5.75 Å². The molecule has 0 saturated heterocycles. The van der Waals surface area contributed by atoms with Crippen LogP contribution in [0.25, 0.3) is 0 Å². The van der Waals surface area contributed by atoms with Crippen molar-refractivity contribution in [2.45, 2.75) is 30.9 Å². The van der Waals surface area contributed by atoms with Gasteiger partial charge in [-0.15, -0.1) is 11.8 Å². The fourth-order valence-electron chi connectivity index (χ4n) is 3.93. The zero-order chi connectivity index (χ0) is 21.1. The van der Waals surface area contributed by atoms with Crippen molar-refractivity contribution < 1.29 is 9.53 Å². The van der Waals surface area contributed by atoms with Gasteiger partial charge in [0.25, 0.3) is 0 Å². The highest BCUT2D eigenvalue weighted by atomic mass is 35.5. The Balaban J connectivity index is 1.74. The summed E-state index contributed by atoms with van der Waals surface area (Å²) in [4.78, 5) is 12.8. The number of benzene rings is 2. The number of thioether (sulfide) groups is 1. The van der Waals surface area contributed by atoms with Crippen LogP contribution in [0.2, 0.25) is 5.02 Å². The summed E-state index contributed by atoms with van der Waals surface area (Å²) in [6.07, 6.45) is 2.15. The van der Waals surface area contributed by atoms with E-state index in [9.17, 15) is 10.1 Å². The first-order chi connectivity index (χ1) is 14.6. The second-order valence-electron chi connectivity index (χ2n) is 7.23. The summed E-state index contributed by atoms with van der Waals surface area (Å²) in [5.41, 5.74) is 4.17. The molecule has 0 amide bonds. The number of ether oxygens (including phenoxy) is 1.